The molecule has 0 radical (unpaired) electrons. The monoisotopic (exact) mass is 376 g/mol. The van der Waals surface area contributed by atoms with Gasteiger partial charge in [-0.3, -0.25) is 9.52 Å². The Morgan fingerprint density at radius 3 is 2.42 bits per heavy atom. The van der Waals surface area contributed by atoms with Gasteiger partial charge in [-0.25, -0.2) is 13.2 Å². The molecule has 7 nitrogen and oxygen atoms in total. The average molecular weight is 376 g/mol. The molecular weight excluding hydrogens is 356 g/mol. The first-order valence-corrected chi connectivity index (χ1v) is 9.76. The van der Waals surface area contributed by atoms with E-state index < -0.39 is 21.9 Å². The highest BCUT2D eigenvalue weighted by Gasteiger charge is 2.16. The van der Waals surface area contributed by atoms with Crippen molar-refractivity contribution in [3.8, 4) is 0 Å². The van der Waals surface area contributed by atoms with Crippen LogP contribution in [-0.2, 0) is 14.8 Å². The van der Waals surface area contributed by atoms with Crippen molar-refractivity contribution in [2.45, 2.75) is 13.8 Å². The molecule has 0 aliphatic rings. The third-order valence-electron chi connectivity index (χ3n) is 3.47. The number of benzene rings is 2. The Labute approximate surface area is 152 Å². The third-order valence-corrected chi connectivity index (χ3v) is 4.06. The predicted octanol–water partition coefficient (Wildman–Crippen LogP) is 2.80. The lowest BCUT2D eigenvalue weighted by molar-refractivity contribution is 0.0527. The van der Waals surface area contributed by atoms with E-state index in [0.29, 0.717) is 16.9 Å². The summed E-state index contributed by atoms with van der Waals surface area (Å²) in [7, 11) is -3.47. The minimum atomic E-state index is -3.47. The fourth-order valence-electron chi connectivity index (χ4n) is 2.25. The molecule has 138 valence electrons. The molecule has 0 spiro atoms. The standard InChI is InChI=1S/C18H20N2O5S/c1-4-25-18(22)14-7-5-6-8-15(14)19-17(21)13-10-9-12(2)16(11-13)20-26(3,23)24/h5-11,20H,4H2,1-3H3,(H,19,21). The molecule has 2 aromatic rings. The van der Waals surface area contributed by atoms with Gasteiger partial charge in [-0.1, -0.05) is 18.2 Å². The molecule has 26 heavy (non-hydrogen) atoms. The van der Waals surface area contributed by atoms with Gasteiger partial charge in [0.05, 0.1) is 29.8 Å². The smallest absolute Gasteiger partial charge is 0.340 e. The van der Waals surface area contributed by atoms with Crippen molar-refractivity contribution >= 4 is 33.3 Å². The molecule has 0 aromatic heterocycles. The van der Waals surface area contributed by atoms with Crippen molar-refractivity contribution in [3.05, 3.63) is 59.2 Å². The van der Waals surface area contributed by atoms with E-state index >= 15 is 0 Å². The first kappa shape index (κ1) is 19.5. The first-order valence-electron chi connectivity index (χ1n) is 7.87. The zero-order valence-electron chi connectivity index (χ0n) is 14.7. The van der Waals surface area contributed by atoms with Crippen LogP contribution in [0.4, 0.5) is 11.4 Å². The maximum atomic E-state index is 12.5. The average Bonchev–Trinajstić information content (AvgIpc) is 2.56. The van der Waals surface area contributed by atoms with Gasteiger partial charge in [-0.15, -0.1) is 0 Å². The van der Waals surface area contributed by atoms with Gasteiger partial charge in [0.2, 0.25) is 10.0 Å². The van der Waals surface area contributed by atoms with E-state index in [1.54, 1.807) is 50.2 Å². The molecule has 0 aliphatic heterocycles. The maximum absolute atomic E-state index is 12.5. The van der Waals surface area contributed by atoms with Crippen molar-refractivity contribution in [3.63, 3.8) is 0 Å². The lowest BCUT2D eigenvalue weighted by Crippen LogP contribution is -2.17. The lowest BCUT2D eigenvalue weighted by atomic mass is 10.1. The molecule has 0 bridgehead atoms. The number of carbonyl (C=O) groups is 2. The lowest BCUT2D eigenvalue weighted by Gasteiger charge is -2.12. The Kier molecular flexibility index (Phi) is 5.99. The van der Waals surface area contributed by atoms with Crippen LogP contribution < -0.4 is 10.0 Å². The number of esters is 1. The van der Waals surface area contributed by atoms with Gasteiger partial charge in [0.15, 0.2) is 0 Å². The molecule has 0 heterocycles. The highest BCUT2D eigenvalue weighted by molar-refractivity contribution is 7.92. The summed E-state index contributed by atoms with van der Waals surface area (Å²) in [5.41, 5.74) is 1.80. The van der Waals surface area contributed by atoms with E-state index in [4.69, 9.17) is 4.74 Å². The summed E-state index contributed by atoms with van der Waals surface area (Å²) in [6, 6.07) is 11.2. The zero-order chi connectivity index (χ0) is 19.3. The van der Waals surface area contributed by atoms with Crippen LogP contribution in [0.25, 0.3) is 0 Å². The van der Waals surface area contributed by atoms with Gasteiger partial charge < -0.3 is 10.1 Å². The van der Waals surface area contributed by atoms with Gasteiger partial charge in [0.1, 0.15) is 0 Å². The van der Waals surface area contributed by atoms with Crippen molar-refractivity contribution in [2.24, 2.45) is 0 Å². The molecule has 0 fully saturated rings. The van der Waals surface area contributed by atoms with Gasteiger partial charge in [-0.05, 0) is 43.7 Å². The zero-order valence-corrected chi connectivity index (χ0v) is 15.5. The summed E-state index contributed by atoms with van der Waals surface area (Å²) in [6.07, 6.45) is 1.04. The van der Waals surface area contributed by atoms with E-state index in [-0.39, 0.29) is 17.7 Å². The normalized spacial score (nSPS) is 10.9. The quantitative estimate of drug-likeness (QED) is 0.755. The predicted molar refractivity (Wildman–Crippen MR) is 100.0 cm³/mol. The summed E-state index contributed by atoms with van der Waals surface area (Å²) in [4.78, 5) is 24.5. The number of ether oxygens (including phenoxy) is 1. The Morgan fingerprint density at radius 2 is 1.77 bits per heavy atom. The Hall–Kier alpha value is -2.87. The fraction of sp³-hybridized carbons (Fsp3) is 0.222. The summed E-state index contributed by atoms with van der Waals surface area (Å²) < 4.78 is 30.2. The molecule has 0 saturated carbocycles. The second-order valence-electron chi connectivity index (χ2n) is 5.62. The number of aryl methyl sites for hydroxylation is 1. The number of amides is 1. The van der Waals surface area contributed by atoms with Gasteiger partial charge >= 0.3 is 5.97 Å². The maximum Gasteiger partial charge on any atom is 0.340 e. The van der Waals surface area contributed by atoms with E-state index in [1.807, 2.05) is 0 Å². The first-order chi connectivity index (χ1) is 12.2. The van der Waals surface area contributed by atoms with Crippen LogP contribution in [-0.4, -0.2) is 33.2 Å². The number of nitrogens with one attached hydrogen (secondary N) is 2. The molecule has 2 aromatic carbocycles. The summed E-state index contributed by atoms with van der Waals surface area (Å²) in [6.45, 7) is 3.65. The van der Waals surface area contributed by atoms with Gasteiger partial charge in [-0.2, -0.15) is 0 Å². The highest BCUT2D eigenvalue weighted by Crippen LogP contribution is 2.21. The van der Waals surface area contributed by atoms with Crippen LogP contribution in [0, 0.1) is 6.92 Å². The number of rotatable bonds is 6. The number of anilines is 2. The van der Waals surface area contributed by atoms with Crippen molar-refractivity contribution < 1.29 is 22.7 Å². The molecule has 2 N–H and O–H groups in total. The summed E-state index contributed by atoms with van der Waals surface area (Å²) in [5.74, 6) is -1.01. The topological polar surface area (TPSA) is 102 Å². The third kappa shape index (κ3) is 5.06. The Morgan fingerprint density at radius 1 is 1.08 bits per heavy atom. The van der Waals surface area contributed by atoms with E-state index in [1.165, 1.54) is 6.07 Å². The molecule has 0 unspecified atom stereocenters. The van der Waals surface area contributed by atoms with Crippen LogP contribution in [0.5, 0.6) is 0 Å². The van der Waals surface area contributed by atoms with Crippen LogP contribution in [0.2, 0.25) is 0 Å². The molecule has 0 saturated heterocycles. The Bertz CT molecular complexity index is 938. The fourth-order valence-corrected chi connectivity index (χ4v) is 2.87. The molecule has 0 atom stereocenters. The number of hydrogen-bond donors (Lipinski definition) is 2. The molecule has 1 amide bonds. The van der Waals surface area contributed by atoms with Crippen LogP contribution in [0.15, 0.2) is 42.5 Å². The van der Waals surface area contributed by atoms with E-state index in [9.17, 15) is 18.0 Å². The van der Waals surface area contributed by atoms with E-state index in [0.717, 1.165) is 6.26 Å². The number of para-hydroxylation sites is 1. The van der Waals surface area contributed by atoms with Crippen LogP contribution in [0.1, 0.15) is 33.2 Å². The van der Waals surface area contributed by atoms with Gasteiger partial charge in [0, 0.05) is 5.56 Å². The minimum absolute atomic E-state index is 0.222. The number of carbonyl (C=O) groups excluding carboxylic acids is 2. The van der Waals surface area contributed by atoms with Crippen LogP contribution >= 0.6 is 0 Å². The second-order valence-corrected chi connectivity index (χ2v) is 7.37. The van der Waals surface area contributed by atoms with Crippen molar-refractivity contribution in [1.29, 1.82) is 0 Å². The molecule has 0 aliphatic carbocycles. The number of sulfonamides is 1. The minimum Gasteiger partial charge on any atom is -0.462 e. The highest BCUT2D eigenvalue weighted by atomic mass is 32.2. The van der Waals surface area contributed by atoms with E-state index in [2.05, 4.69) is 10.0 Å². The Balaban J connectivity index is 2.29. The molecular formula is C18H20N2O5S. The number of hydrogen-bond acceptors (Lipinski definition) is 5. The largest absolute Gasteiger partial charge is 0.462 e. The van der Waals surface area contributed by atoms with Crippen molar-refractivity contribution in [1.82, 2.24) is 0 Å². The second kappa shape index (κ2) is 8.01. The summed E-state index contributed by atoms with van der Waals surface area (Å²) >= 11 is 0. The molecule has 8 heteroatoms. The van der Waals surface area contributed by atoms with Crippen LogP contribution in [0.3, 0.4) is 0 Å². The van der Waals surface area contributed by atoms with Crippen molar-refractivity contribution in [2.75, 3.05) is 22.9 Å². The SMILES string of the molecule is CCOC(=O)c1ccccc1NC(=O)c1ccc(C)c(NS(C)(=O)=O)c1. The summed E-state index contributed by atoms with van der Waals surface area (Å²) in [5, 5.41) is 2.66. The molecule has 2 rings (SSSR count). The van der Waals surface area contributed by atoms with Gasteiger partial charge in [0.25, 0.3) is 5.91 Å².